The third kappa shape index (κ3) is 4.79. The molecule has 0 saturated carbocycles. The number of amides is 1. The van der Waals surface area contributed by atoms with Crippen molar-refractivity contribution in [3.05, 3.63) is 35.4 Å². The monoisotopic (exact) mass is 253 g/mol. The van der Waals surface area contributed by atoms with Crippen LogP contribution >= 0.6 is 11.8 Å². The van der Waals surface area contributed by atoms with Gasteiger partial charge in [0, 0.05) is 24.5 Å². The fourth-order valence-corrected chi connectivity index (χ4v) is 2.08. The van der Waals surface area contributed by atoms with E-state index >= 15 is 0 Å². The Morgan fingerprint density at radius 3 is 2.94 bits per heavy atom. The number of thioether (sulfide) groups is 1. The molecule has 0 aliphatic rings. The first kappa shape index (κ1) is 14.1. The van der Waals surface area contributed by atoms with Crippen LogP contribution in [0, 0.1) is 0 Å². The van der Waals surface area contributed by atoms with Crippen LogP contribution in [0.3, 0.4) is 0 Å². The van der Waals surface area contributed by atoms with E-state index in [9.17, 15) is 4.79 Å². The number of rotatable bonds is 6. The molecule has 0 aliphatic carbocycles. The summed E-state index contributed by atoms with van der Waals surface area (Å²) in [5.41, 5.74) is 1.88. The van der Waals surface area contributed by atoms with Crippen molar-refractivity contribution in [2.45, 2.75) is 18.7 Å². The summed E-state index contributed by atoms with van der Waals surface area (Å²) in [4.78, 5) is 11.9. The van der Waals surface area contributed by atoms with Crippen molar-refractivity contribution in [3.63, 3.8) is 0 Å². The molecule has 1 atom stereocenters. The van der Waals surface area contributed by atoms with Crippen molar-refractivity contribution in [1.29, 1.82) is 0 Å². The molecule has 4 heteroatoms. The number of nitrogens with one attached hydrogen (secondary N) is 1. The Morgan fingerprint density at radius 1 is 1.53 bits per heavy atom. The molecule has 1 aromatic rings. The fourth-order valence-electron chi connectivity index (χ4n) is 1.57. The third-order valence-corrected chi connectivity index (χ3v) is 2.92. The molecule has 1 aromatic carbocycles. The van der Waals surface area contributed by atoms with Gasteiger partial charge in [-0.2, -0.15) is 11.8 Å². The summed E-state index contributed by atoms with van der Waals surface area (Å²) in [5.74, 6) is 0.881. The molecule has 0 heterocycles. The Labute approximate surface area is 107 Å². The highest BCUT2D eigenvalue weighted by molar-refractivity contribution is 7.97. The summed E-state index contributed by atoms with van der Waals surface area (Å²) < 4.78 is 4.98. The van der Waals surface area contributed by atoms with Gasteiger partial charge in [0.05, 0.1) is 6.61 Å². The first-order valence-electron chi connectivity index (χ1n) is 5.55. The van der Waals surface area contributed by atoms with Crippen LogP contribution in [0.2, 0.25) is 0 Å². The molecule has 0 aromatic heterocycles. The number of carbonyl (C=O) groups is 1. The molecule has 17 heavy (non-hydrogen) atoms. The molecule has 94 valence electrons. The molecular formula is C13H19NO2S. The number of ether oxygens (including phenoxy) is 1. The lowest BCUT2D eigenvalue weighted by Gasteiger charge is -2.13. The van der Waals surface area contributed by atoms with Gasteiger partial charge in [-0.05, 0) is 30.9 Å². The molecule has 1 unspecified atom stereocenters. The second-order valence-corrected chi connectivity index (χ2v) is 4.83. The first-order valence-corrected chi connectivity index (χ1v) is 6.94. The fraction of sp³-hybridized carbons (Fsp3) is 0.462. The average molecular weight is 253 g/mol. The van der Waals surface area contributed by atoms with Crippen molar-refractivity contribution < 1.29 is 9.53 Å². The van der Waals surface area contributed by atoms with Crippen LogP contribution in [0.25, 0.3) is 0 Å². The van der Waals surface area contributed by atoms with Gasteiger partial charge >= 0.3 is 0 Å². The molecular weight excluding hydrogens is 234 g/mol. The Bertz CT molecular complexity index is 368. The number of benzene rings is 1. The van der Waals surface area contributed by atoms with Crippen LogP contribution in [-0.2, 0) is 10.5 Å². The summed E-state index contributed by atoms with van der Waals surface area (Å²) in [7, 11) is 1.63. The van der Waals surface area contributed by atoms with E-state index in [1.807, 2.05) is 37.4 Å². The highest BCUT2D eigenvalue weighted by Gasteiger charge is 2.09. The minimum absolute atomic E-state index is 0.0247. The van der Waals surface area contributed by atoms with Crippen molar-refractivity contribution in [2.75, 3.05) is 20.0 Å². The maximum absolute atomic E-state index is 11.9. The van der Waals surface area contributed by atoms with E-state index < -0.39 is 0 Å². The van der Waals surface area contributed by atoms with Crippen LogP contribution in [0.1, 0.15) is 22.8 Å². The van der Waals surface area contributed by atoms with Gasteiger partial charge in [-0.25, -0.2) is 0 Å². The Kier molecular flexibility index (Phi) is 6.08. The predicted octanol–water partition coefficient (Wildman–Crippen LogP) is 2.31. The Hall–Kier alpha value is -1.00. The number of methoxy groups -OCH3 is 1. The van der Waals surface area contributed by atoms with Crippen LogP contribution in [-0.4, -0.2) is 31.9 Å². The van der Waals surface area contributed by atoms with E-state index in [2.05, 4.69) is 5.32 Å². The highest BCUT2D eigenvalue weighted by atomic mass is 32.2. The minimum Gasteiger partial charge on any atom is -0.383 e. The summed E-state index contributed by atoms with van der Waals surface area (Å²) in [6.45, 7) is 2.45. The van der Waals surface area contributed by atoms with Gasteiger partial charge < -0.3 is 10.1 Å². The van der Waals surface area contributed by atoms with E-state index in [0.717, 1.165) is 5.75 Å². The maximum atomic E-state index is 11.9. The van der Waals surface area contributed by atoms with Crippen LogP contribution in [0.5, 0.6) is 0 Å². The van der Waals surface area contributed by atoms with Crippen LogP contribution < -0.4 is 5.32 Å². The largest absolute Gasteiger partial charge is 0.383 e. The van der Waals surface area contributed by atoms with Gasteiger partial charge in [0.25, 0.3) is 5.91 Å². The number of hydrogen-bond acceptors (Lipinski definition) is 3. The van der Waals surface area contributed by atoms with Crippen molar-refractivity contribution in [3.8, 4) is 0 Å². The Balaban J connectivity index is 2.65. The van der Waals surface area contributed by atoms with Crippen LogP contribution in [0.4, 0.5) is 0 Å². The summed E-state index contributed by atoms with van der Waals surface area (Å²) in [5, 5.41) is 2.90. The van der Waals surface area contributed by atoms with E-state index in [-0.39, 0.29) is 11.9 Å². The third-order valence-electron chi connectivity index (χ3n) is 2.29. The van der Waals surface area contributed by atoms with Crippen LogP contribution in [0.15, 0.2) is 24.3 Å². The quantitative estimate of drug-likeness (QED) is 0.845. The van der Waals surface area contributed by atoms with Gasteiger partial charge in [0.15, 0.2) is 0 Å². The number of carbonyl (C=O) groups excluding carboxylic acids is 1. The normalized spacial score (nSPS) is 12.2. The SMILES string of the molecule is COCC(C)NC(=O)c1cccc(CSC)c1. The molecule has 1 N–H and O–H groups in total. The van der Waals surface area contributed by atoms with E-state index in [0.29, 0.717) is 12.2 Å². The van der Waals surface area contributed by atoms with Crippen molar-refractivity contribution in [2.24, 2.45) is 0 Å². The number of hydrogen-bond donors (Lipinski definition) is 1. The van der Waals surface area contributed by atoms with E-state index in [1.54, 1.807) is 18.9 Å². The van der Waals surface area contributed by atoms with Gasteiger partial charge in [0.1, 0.15) is 0 Å². The standard InChI is InChI=1S/C13H19NO2S/c1-10(8-16-2)14-13(15)12-6-4-5-11(7-12)9-17-3/h4-7,10H,8-9H2,1-3H3,(H,14,15). The second-order valence-electron chi connectivity index (χ2n) is 3.96. The molecule has 0 spiro atoms. The predicted molar refractivity (Wildman–Crippen MR) is 72.5 cm³/mol. The second kappa shape index (κ2) is 7.35. The molecule has 0 aliphatic heterocycles. The maximum Gasteiger partial charge on any atom is 0.251 e. The topological polar surface area (TPSA) is 38.3 Å². The van der Waals surface area contributed by atoms with Gasteiger partial charge in [0.2, 0.25) is 0 Å². The molecule has 3 nitrogen and oxygen atoms in total. The Morgan fingerprint density at radius 2 is 2.29 bits per heavy atom. The van der Waals surface area contributed by atoms with Crippen molar-refractivity contribution in [1.82, 2.24) is 5.32 Å². The molecule has 1 rings (SSSR count). The van der Waals surface area contributed by atoms with E-state index in [4.69, 9.17) is 4.74 Å². The lowest BCUT2D eigenvalue weighted by molar-refractivity contribution is 0.0905. The van der Waals surface area contributed by atoms with Crippen molar-refractivity contribution >= 4 is 17.7 Å². The van der Waals surface area contributed by atoms with Gasteiger partial charge in [-0.15, -0.1) is 0 Å². The highest BCUT2D eigenvalue weighted by Crippen LogP contribution is 2.11. The summed E-state index contributed by atoms with van der Waals surface area (Å²) in [6, 6.07) is 7.74. The van der Waals surface area contributed by atoms with Gasteiger partial charge in [-0.1, -0.05) is 12.1 Å². The van der Waals surface area contributed by atoms with E-state index in [1.165, 1.54) is 5.56 Å². The summed E-state index contributed by atoms with van der Waals surface area (Å²) in [6.07, 6.45) is 2.05. The zero-order valence-corrected chi connectivity index (χ0v) is 11.3. The smallest absolute Gasteiger partial charge is 0.251 e. The molecule has 1 amide bonds. The lowest BCUT2D eigenvalue weighted by Crippen LogP contribution is -2.35. The molecule has 0 saturated heterocycles. The average Bonchev–Trinajstić information content (AvgIpc) is 2.30. The van der Waals surface area contributed by atoms with Gasteiger partial charge in [-0.3, -0.25) is 4.79 Å². The molecule has 0 bridgehead atoms. The molecule has 0 fully saturated rings. The molecule has 0 radical (unpaired) electrons. The summed E-state index contributed by atoms with van der Waals surface area (Å²) >= 11 is 1.75. The lowest BCUT2D eigenvalue weighted by atomic mass is 10.1. The zero-order valence-electron chi connectivity index (χ0n) is 10.5. The zero-order chi connectivity index (χ0) is 12.7. The first-order chi connectivity index (χ1) is 8.17. The minimum atomic E-state index is -0.0440.